The number of carbonyl (C=O) groups excluding carboxylic acids is 1. The van der Waals surface area contributed by atoms with E-state index in [1.165, 1.54) is 6.42 Å². The van der Waals surface area contributed by atoms with Crippen molar-refractivity contribution in [1.82, 2.24) is 19.4 Å². The van der Waals surface area contributed by atoms with Crippen LogP contribution in [0.15, 0.2) is 12.4 Å². The van der Waals surface area contributed by atoms with E-state index in [1.807, 2.05) is 28.9 Å². The van der Waals surface area contributed by atoms with Gasteiger partial charge in [-0.3, -0.25) is 9.69 Å². The van der Waals surface area contributed by atoms with Crippen LogP contribution in [0.25, 0.3) is 0 Å². The smallest absolute Gasteiger partial charge is 0.225 e. The molecule has 0 aromatic carbocycles. The largest absolute Gasteiger partial charge is 0.378 e. The highest BCUT2D eigenvalue weighted by atomic mass is 16.5. The molecule has 1 aromatic rings. The maximum absolute atomic E-state index is 12.6. The Hall–Kier alpha value is -1.40. The number of rotatable bonds is 3. The molecule has 0 spiro atoms. The number of aromatic nitrogens is 2. The first-order chi connectivity index (χ1) is 10.6. The third-order valence-corrected chi connectivity index (χ3v) is 4.83. The fraction of sp³-hybridized carbons (Fsp3) is 0.750. The van der Waals surface area contributed by atoms with Gasteiger partial charge in [0.05, 0.1) is 18.6 Å². The zero-order valence-electron chi connectivity index (χ0n) is 13.6. The van der Waals surface area contributed by atoms with Gasteiger partial charge in [-0.1, -0.05) is 0 Å². The van der Waals surface area contributed by atoms with E-state index in [4.69, 9.17) is 4.74 Å². The lowest BCUT2D eigenvalue weighted by molar-refractivity contribution is -0.138. The monoisotopic (exact) mass is 306 g/mol. The molecule has 2 atom stereocenters. The Bertz CT molecular complexity index is 510. The van der Waals surface area contributed by atoms with Crippen molar-refractivity contribution in [3.05, 3.63) is 18.2 Å². The minimum absolute atomic E-state index is 0.118. The van der Waals surface area contributed by atoms with E-state index < -0.39 is 0 Å². The zero-order chi connectivity index (χ0) is 15.5. The Morgan fingerprint density at radius 1 is 1.36 bits per heavy atom. The lowest BCUT2D eigenvalue weighted by Crippen LogP contribution is -2.50. The first-order valence-electron chi connectivity index (χ1n) is 8.22. The van der Waals surface area contributed by atoms with Gasteiger partial charge in [0.15, 0.2) is 0 Å². The SMILES string of the molecule is CN1CCN(C(=O)C[C@H]2CCCCO2)C[C@@H]1c1nccn1C. The Morgan fingerprint density at radius 2 is 2.23 bits per heavy atom. The van der Waals surface area contributed by atoms with E-state index in [0.717, 1.165) is 38.4 Å². The van der Waals surface area contributed by atoms with E-state index >= 15 is 0 Å². The second-order valence-corrected chi connectivity index (χ2v) is 6.43. The molecule has 0 unspecified atom stereocenters. The Morgan fingerprint density at radius 3 is 2.91 bits per heavy atom. The highest BCUT2D eigenvalue weighted by molar-refractivity contribution is 5.77. The van der Waals surface area contributed by atoms with Crippen molar-refractivity contribution in [1.29, 1.82) is 0 Å². The van der Waals surface area contributed by atoms with Crippen molar-refractivity contribution in [3.8, 4) is 0 Å². The summed E-state index contributed by atoms with van der Waals surface area (Å²) in [5, 5.41) is 0. The fourth-order valence-corrected chi connectivity index (χ4v) is 3.37. The number of aryl methyl sites for hydroxylation is 1. The van der Waals surface area contributed by atoms with Gasteiger partial charge >= 0.3 is 0 Å². The van der Waals surface area contributed by atoms with E-state index in [9.17, 15) is 4.79 Å². The molecule has 3 rings (SSSR count). The minimum Gasteiger partial charge on any atom is -0.378 e. The van der Waals surface area contributed by atoms with Crippen LogP contribution < -0.4 is 0 Å². The molecule has 3 heterocycles. The molecule has 2 aliphatic heterocycles. The first kappa shape index (κ1) is 15.5. The fourth-order valence-electron chi connectivity index (χ4n) is 3.37. The molecule has 0 N–H and O–H groups in total. The molecule has 6 heteroatoms. The summed E-state index contributed by atoms with van der Waals surface area (Å²) in [6, 6.07) is 0.171. The number of imidazole rings is 1. The van der Waals surface area contributed by atoms with Gasteiger partial charge in [-0.2, -0.15) is 0 Å². The van der Waals surface area contributed by atoms with Gasteiger partial charge in [0.25, 0.3) is 0 Å². The van der Waals surface area contributed by atoms with Crippen molar-refractivity contribution in [2.75, 3.05) is 33.3 Å². The quantitative estimate of drug-likeness (QED) is 0.842. The van der Waals surface area contributed by atoms with Crippen LogP contribution in [0.3, 0.4) is 0 Å². The van der Waals surface area contributed by atoms with Gasteiger partial charge in [-0.05, 0) is 26.3 Å². The summed E-state index contributed by atoms with van der Waals surface area (Å²) >= 11 is 0. The van der Waals surface area contributed by atoms with Crippen LogP contribution in [0.1, 0.15) is 37.5 Å². The number of carbonyl (C=O) groups is 1. The number of hydrogen-bond donors (Lipinski definition) is 0. The number of hydrogen-bond acceptors (Lipinski definition) is 4. The Kier molecular flexibility index (Phi) is 4.78. The number of ether oxygens (including phenoxy) is 1. The molecule has 1 aromatic heterocycles. The third kappa shape index (κ3) is 3.33. The summed E-state index contributed by atoms with van der Waals surface area (Å²) < 4.78 is 7.75. The van der Waals surface area contributed by atoms with Crippen molar-refractivity contribution in [3.63, 3.8) is 0 Å². The number of piperazine rings is 1. The molecule has 6 nitrogen and oxygen atoms in total. The second kappa shape index (κ2) is 6.79. The maximum Gasteiger partial charge on any atom is 0.225 e. The predicted octanol–water partition coefficient (Wildman–Crippen LogP) is 1.19. The maximum atomic E-state index is 12.6. The van der Waals surface area contributed by atoms with Crippen LogP contribution in [-0.4, -0.2) is 64.7 Å². The summed E-state index contributed by atoms with van der Waals surface area (Å²) in [5.41, 5.74) is 0. The number of amides is 1. The third-order valence-electron chi connectivity index (χ3n) is 4.83. The molecule has 122 valence electrons. The second-order valence-electron chi connectivity index (χ2n) is 6.43. The predicted molar refractivity (Wildman–Crippen MR) is 83.4 cm³/mol. The normalized spacial score (nSPS) is 27.1. The molecule has 0 radical (unpaired) electrons. The van der Waals surface area contributed by atoms with Gasteiger partial charge in [0, 0.05) is 45.7 Å². The summed E-state index contributed by atoms with van der Waals surface area (Å²) in [6.07, 6.45) is 7.74. The van der Waals surface area contributed by atoms with Crippen LogP contribution in [0, 0.1) is 0 Å². The average Bonchev–Trinajstić information content (AvgIpc) is 2.94. The summed E-state index contributed by atoms with van der Waals surface area (Å²) in [6.45, 7) is 3.20. The lowest BCUT2D eigenvalue weighted by atomic mass is 10.0. The van der Waals surface area contributed by atoms with Crippen LogP contribution in [0.4, 0.5) is 0 Å². The molecule has 22 heavy (non-hydrogen) atoms. The molecular weight excluding hydrogens is 280 g/mol. The topological polar surface area (TPSA) is 50.6 Å². The Balaban J connectivity index is 1.62. The molecule has 0 bridgehead atoms. The van der Waals surface area contributed by atoms with E-state index in [0.29, 0.717) is 13.0 Å². The van der Waals surface area contributed by atoms with Gasteiger partial charge in [-0.15, -0.1) is 0 Å². The molecule has 1 amide bonds. The highest BCUT2D eigenvalue weighted by Gasteiger charge is 2.31. The molecule has 2 saturated heterocycles. The van der Waals surface area contributed by atoms with Crippen LogP contribution in [-0.2, 0) is 16.6 Å². The van der Waals surface area contributed by atoms with E-state index in [-0.39, 0.29) is 18.1 Å². The van der Waals surface area contributed by atoms with Crippen molar-refractivity contribution in [2.24, 2.45) is 7.05 Å². The van der Waals surface area contributed by atoms with Gasteiger partial charge in [0.2, 0.25) is 5.91 Å². The Labute approximate surface area is 132 Å². The average molecular weight is 306 g/mol. The molecule has 2 aliphatic rings. The van der Waals surface area contributed by atoms with Crippen molar-refractivity contribution in [2.45, 2.75) is 37.8 Å². The van der Waals surface area contributed by atoms with Crippen LogP contribution in [0.5, 0.6) is 0 Å². The van der Waals surface area contributed by atoms with E-state index in [2.05, 4.69) is 16.9 Å². The molecule has 2 fully saturated rings. The minimum atomic E-state index is 0.118. The summed E-state index contributed by atoms with van der Waals surface area (Å²) in [5.74, 6) is 1.24. The summed E-state index contributed by atoms with van der Waals surface area (Å²) in [4.78, 5) is 21.3. The van der Waals surface area contributed by atoms with Gasteiger partial charge in [-0.25, -0.2) is 4.98 Å². The number of nitrogens with zero attached hydrogens (tertiary/aromatic N) is 4. The van der Waals surface area contributed by atoms with E-state index in [1.54, 1.807) is 0 Å². The van der Waals surface area contributed by atoms with Crippen molar-refractivity contribution >= 4 is 5.91 Å². The van der Waals surface area contributed by atoms with Gasteiger partial charge < -0.3 is 14.2 Å². The molecular formula is C16H26N4O2. The highest BCUT2D eigenvalue weighted by Crippen LogP contribution is 2.24. The molecule has 0 aliphatic carbocycles. The van der Waals surface area contributed by atoms with Crippen molar-refractivity contribution < 1.29 is 9.53 Å². The lowest BCUT2D eigenvalue weighted by Gasteiger charge is -2.39. The summed E-state index contributed by atoms with van der Waals surface area (Å²) in [7, 11) is 4.11. The van der Waals surface area contributed by atoms with Crippen LogP contribution in [0.2, 0.25) is 0 Å². The molecule has 0 saturated carbocycles. The number of likely N-dealkylation sites (N-methyl/N-ethyl adjacent to an activating group) is 1. The zero-order valence-corrected chi connectivity index (χ0v) is 13.6. The first-order valence-corrected chi connectivity index (χ1v) is 8.22. The van der Waals surface area contributed by atoms with Gasteiger partial charge in [0.1, 0.15) is 5.82 Å². The van der Waals surface area contributed by atoms with Crippen LogP contribution >= 0.6 is 0 Å². The standard InChI is InChI=1S/C16H26N4O2/c1-18-8-9-20(12-14(18)16-17-6-7-19(16)2)15(21)11-13-5-3-4-10-22-13/h6-7,13-14H,3-5,8-12H2,1-2H3/t13-,14-/m1/s1.